The average Bonchev–Trinajstić information content (AvgIpc) is 2.80. The fraction of sp³-hybridized carbons (Fsp3) is 0.364. The van der Waals surface area contributed by atoms with Crippen molar-refractivity contribution in [3.05, 3.63) is 63.1 Å². The molecule has 3 amide bonds. The van der Waals surface area contributed by atoms with E-state index in [0.29, 0.717) is 6.07 Å². The van der Waals surface area contributed by atoms with Crippen molar-refractivity contribution in [2.45, 2.75) is 13.5 Å². The van der Waals surface area contributed by atoms with Crippen molar-refractivity contribution in [1.29, 1.82) is 0 Å². The van der Waals surface area contributed by atoms with Gasteiger partial charge in [-0.15, -0.1) is 0 Å². The number of hydrogen-bond acceptors (Lipinski definition) is 7. The summed E-state index contributed by atoms with van der Waals surface area (Å²) in [5, 5.41) is 17.1. The summed E-state index contributed by atoms with van der Waals surface area (Å²) in [4.78, 5) is 51.1. The topological polar surface area (TPSA) is 133 Å². The van der Waals surface area contributed by atoms with Gasteiger partial charge in [0.15, 0.2) is 11.4 Å². The van der Waals surface area contributed by atoms with Gasteiger partial charge >= 0.3 is 0 Å². The maximum absolute atomic E-state index is 13.9. The molecule has 11 nitrogen and oxygen atoms in total. The number of halogens is 2. The first-order valence-electron chi connectivity index (χ1n) is 10.6. The number of pyridine rings is 1. The molecular weight excluding hydrogens is 468 g/mol. The van der Waals surface area contributed by atoms with Gasteiger partial charge in [0, 0.05) is 51.5 Å². The Labute approximate surface area is 198 Å². The summed E-state index contributed by atoms with van der Waals surface area (Å²) < 4.78 is 33.2. The fourth-order valence-electron chi connectivity index (χ4n) is 3.50. The van der Waals surface area contributed by atoms with Gasteiger partial charge in [-0.05, 0) is 6.07 Å². The summed E-state index contributed by atoms with van der Waals surface area (Å²) in [6.45, 7) is 1.75. The molecule has 2 heterocycles. The first kappa shape index (κ1) is 25.6. The van der Waals surface area contributed by atoms with Crippen molar-refractivity contribution in [3.63, 3.8) is 0 Å². The molecule has 35 heavy (non-hydrogen) atoms. The van der Waals surface area contributed by atoms with Crippen molar-refractivity contribution >= 4 is 17.7 Å². The number of fused-ring (bicyclic) bond motifs is 1. The van der Waals surface area contributed by atoms with E-state index in [1.165, 1.54) is 23.6 Å². The van der Waals surface area contributed by atoms with E-state index in [1.54, 1.807) is 5.01 Å². The van der Waals surface area contributed by atoms with Gasteiger partial charge in [0.05, 0.1) is 13.2 Å². The van der Waals surface area contributed by atoms with Gasteiger partial charge in [0.25, 0.3) is 11.8 Å². The lowest BCUT2D eigenvalue weighted by Gasteiger charge is -2.39. The molecule has 2 aromatic rings. The average molecular weight is 493 g/mol. The van der Waals surface area contributed by atoms with Crippen LogP contribution in [0, 0.1) is 11.6 Å². The minimum atomic E-state index is -1.09. The number of nitrogens with one attached hydrogen (secondary N) is 2. The van der Waals surface area contributed by atoms with E-state index >= 15 is 0 Å². The highest BCUT2D eigenvalue weighted by atomic mass is 19.1. The number of ether oxygens (including phenoxy) is 1. The number of carbonyl (C=O) groups excluding carboxylic acids is 3. The zero-order valence-corrected chi connectivity index (χ0v) is 19.1. The third-order valence-corrected chi connectivity index (χ3v) is 5.30. The van der Waals surface area contributed by atoms with Crippen LogP contribution in [-0.4, -0.2) is 72.4 Å². The van der Waals surface area contributed by atoms with Gasteiger partial charge in [-0.1, -0.05) is 6.07 Å². The highest BCUT2D eigenvalue weighted by Crippen LogP contribution is 2.21. The number of benzene rings is 1. The second-order valence-corrected chi connectivity index (χ2v) is 7.75. The quantitative estimate of drug-likeness (QED) is 0.444. The lowest BCUT2D eigenvalue weighted by Crippen LogP contribution is -2.56. The van der Waals surface area contributed by atoms with Crippen LogP contribution in [0.15, 0.2) is 29.2 Å². The van der Waals surface area contributed by atoms with Crippen molar-refractivity contribution in [1.82, 2.24) is 20.2 Å². The number of methoxy groups -OCH3 is 1. The van der Waals surface area contributed by atoms with Gasteiger partial charge in [0.1, 0.15) is 23.9 Å². The first-order chi connectivity index (χ1) is 16.6. The lowest BCUT2D eigenvalue weighted by atomic mass is 10.1. The minimum Gasteiger partial charge on any atom is -0.502 e. The molecule has 0 spiro atoms. The SMILES string of the molecule is COCCN1CN(CCNC(C)=O)n2cc(C(=O)NCc3ccc(F)cc3F)c(=O)c(O)c2C1=O. The molecule has 0 radical (unpaired) electrons. The molecule has 188 valence electrons. The summed E-state index contributed by atoms with van der Waals surface area (Å²) in [5.41, 5.74) is -1.93. The van der Waals surface area contributed by atoms with Crippen LogP contribution in [0.2, 0.25) is 0 Å². The van der Waals surface area contributed by atoms with E-state index in [0.717, 1.165) is 18.3 Å². The molecule has 1 aromatic heterocycles. The van der Waals surface area contributed by atoms with Crippen molar-refractivity contribution in [2.75, 3.05) is 45.0 Å². The molecule has 0 saturated heterocycles. The second-order valence-electron chi connectivity index (χ2n) is 7.75. The summed E-state index contributed by atoms with van der Waals surface area (Å²) in [6.07, 6.45) is 1.10. The predicted molar refractivity (Wildman–Crippen MR) is 119 cm³/mol. The van der Waals surface area contributed by atoms with Gasteiger partial charge < -0.3 is 25.4 Å². The fourth-order valence-corrected chi connectivity index (χ4v) is 3.50. The van der Waals surface area contributed by atoms with Crippen molar-refractivity contribution in [2.24, 2.45) is 0 Å². The molecule has 0 atom stereocenters. The van der Waals surface area contributed by atoms with Crippen LogP contribution in [0.25, 0.3) is 0 Å². The third-order valence-electron chi connectivity index (χ3n) is 5.30. The number of aromatic nitrogens is 1. The Kier molecular flexibility index (Phi) is 8.02. The second kappa shape index (κ2) is 11.0. The molecule has 13 heteroatoms. The Morgan fingerprint density at radius 3 is 2.57 bits per heavy atom. The van der Waals surface area contributed by atoms with Crippen LogP contribution < -0.4 is 21.1 Å². The maximum atomic E-state index is 13.9. The van der Waals surface area contributed by atoms with Gasteiger partial charge in [-0.2, -0.15) is 0 Å². The van der Waals surface area contributed by atoms with Crippen molar-refractivity contribution < 1.29 is 33.0 Å². The van der Waals surface area contributed by atoms with Crippen LogP contribution in [-0.2, 0) is 16.1 Å². The molecule has 3 N–H and O–H groups in total. The van der Waals surface area contributed by atoms with E-state index in [4.69, 9.17) is 4.74 Å². The van der Waals surface area contributed by atoms with Gasteiger partial charge in [-0.3, -0.25) is 28.9 Å². The van der Waals surface area contributed by atoms with Crippen LogP contribution in [0.5, 0.6) is 5.75 Å². The summed E-state index contributed by atoms with van der Waals surface area (Å²) in [6, 6.07) is 2.84. The van der Waals surface area contributed by atoms with E-state index < -0.39 is 40.2 Å². The van der Waals surface area contributed by atoms with Crippen LogP contribution in [0.1, 0.15) is 33.3 Å². The molecule has 3 rings (SSSR count). The predicted octanol–water partition coefficient (Wildman–Crippen LogP) is -0.104. The largest absolute Gasteiger partial charge is 0.502 e. The number of amides is 3. The zero-order chi connectivity index (χ0) is 25.7. The van der Waals surface area contributed by atoms with E-state index in [1.807, 2.05) is 0 Å². The number of carbonyl (C=O) groups is 3. The smallest absolute Gasteiger partial charge is 0.277 e. The Balaban J connectivity index is 1.93. The molecule has 0 bridgehead atoms. The number of rotatable bonds is 9. The normalized spacial score (nSPS) is 13.0. The molecule has 0 fully saturated rings. The number of nitrogens with zero attached hydrogens (tertiary/aromatic N) is 3. The Morgan fingerprint density at radius 2 is 1.91 bits per heavy atom. The monoisotopic (exact) mass is 493 g/mol. The lowest BCUT2D eigenvalue weighted by molar-refractivity contribution is -0.118. The molecule has 1 aliphatic heterocycles. The summed E-state index contributed by atoms with van der Waals surface area (Å²) >= 11 is 0. The van der Waals surface area contributed by atoms with Crippen LogP contribution >= 0.6 is 0 Å². The molecule has 1 aliphatic rings. The van der Waals surface area contributed by atoms with E-state index in [9.17, 15) is 33.1 Å². The molecule has 0 unspecified atom stereocenters. The standard InChI is InChI=1S/C22H25F2N5O6/c1-13(30)25-5-6-28-12-27(7-8-35-2)22(34)18-20(32)19(31)16(11-29(18)28)21(33)26-10-14-3-4-15(23)9-17(14)24/h3-4,9,11,32H,5-8,10,12H2,1-2H3,(H,25,30)(H,26,33). The summed E-state index contributed by atoms with van der Waals surface area (Å²) in [7, 11) is 1.46. The molecule has 0 aliphatic carbocycles. The highest BCUT2D eigenvalue weighted by molar-refractivity contribution is 5.99. The van der Waals surface area contributed by atoms with E-state index in [2.05, 4.69) is 10.6 Å². The number of aromatic hydroxyl groups is 1. The van der Waals surface area contributed by atoms with Gasteiger partial charge in [0.2, 0.25) is 11.3 Å². The van der Waals surface area contributed by atoms with Crippen LogP contribution in [0.3, 0.4) is 0 Å². The maximum Gasteiger partial charge on any atom is 0.277 e. The van der Waals surface area contributed by atoms with Crippen molar-refractivity contribution in [3.8, 4) is 5.75 Å². The highest BCUT2D eigenvalue weighted by Gasteiger charge is 2.34. The molecule has 1 aromatic carbocycles. The Hall–Kier alpha value is -4.00. The Bertz CT molecular complexity index is 1200. The Morgan fingerprint density at radius 1 is 1.17 bits per heavy atom. The molecular formula is C22H25F2N5O6. The third kappa shape index (κ3) is 5.74. The van der Waals surface area contributed by atoms with Gasteiger partial charge in [-0.25, -0.2) is 8.78 Å². The summed E-state index contributed by atoms with van der Waals surface area (Å²) in [5.74, 6) is -4.43. The zero-order valence-electron chi connectivity index (χ0n) is 19.1. The minimum absolute atomic E-state index is 0.0112. The number of hydrogen-bond donors (Lipinski definition) is 3. The first-order valence-corrected chi connectivity index (χ1v) is 10.6. The van der Waals surface area contributed by atoms with Crippen LogP contribution in [0.4, 0.5) is 8.78 Å². The molecule has 0 saturated carbocycles. The van der Waals surface area contributed by atoms with E-state index in [-0.39, 0.29) is 56.6 Å².